The van der Waals surface area contributed by atoms with E-state index in [2.05, 4.69) is 92.9 Å². The van der Waals surface area contributed by atoms with Gasteiger partial charge in [-0.3, -0.25) is 0 Å². The summed E-state index contributed by atoms with van der Waals surface area (Å²) in [5, 5.41) is 3.53. The highest BCUT2D eigenvalue weighted by molar-refractivity contribution is 7.38. The average Bonchev–Trinajstić information content (AvgIpc) is 3.58. The molecule has 34 heavy (non-hydrogen) atoms. The minimum Gasteiger partial charge on any atom is -0.149 e. The molecule has 0 saturated carbocycles. The molecule has 0 amide bonds. The fraction of sp³-hybridized carbons (Fsp3) is 0.600. The maximum atomic E-state index is 2.61. The normalized spacial score (nSPS) is 15.0. The van der Waals surface area contributed by atoms with E-state index >= 15 is 0 Å². The van der Waals surface area contributed by atoms with Gasteiger partial charge in [-0.25, -0.2) is 0 Å². The Kier molecular flexibility index (Phi) is 9.34. The van der Waals surface area contributed by atoms with Crippen molar-refractivity contribution in [2.45, 2.75) is 111 Å². The largest absolute Gasteiger partial charge is 0.164 e. The van der Waals surface area contributed by atoms with Gasteiger partial charge in [-0.15, -0.1) is 34.0 Å². The van der Waals surface area contributed by atoms with Crippen LogP contribution in [0.5, 0.6) is 0 Å². The predicted octanol–water partition coefficient (Wildman–Crippen LogP) is 9.06. The molecule has 0 nitrogen and oxygen atoms in total. The van der Waals surface area contributed by atoms with Gasteiger partial charge >= 0.3 is 0 Å². The Morgan fingerprint density at radius 1 is 0.735 bits per heavy atom. The first-order valence-electron chi connectivity index (χ1n) is 13.8. The monoisotopic (exact) mass is 528 g/mol. The molecule has 4 heterocycles. The molecule has 0 bridgehead atoms. The first-order chi connectivity index (χ1) is 16.5. The molecule has 4 rings (SSSR count). The van der Waals surface area contributed by atoms with Crippen LogP contribution in [0.4, 0.5) is 0 Å². The first kappa shape index (κ1) is 26.4. The fourth-order valence-electron chi connectivity index (χ4n) is 5.93. The molecule has 3 aromatic rings. The zero-order chi connectivity index (χ0) is 24.1. The molecule has 1 atom stereocenters. The molecule has 0 fully saturated rings. The number of hydrogen-bond donors (Lipinski definition) is 0. The van der Waals surface area contributed by atoms with E-state index in [0.29, 0.717) is 0 Å². The summed E-state index contributed by atoms with van der Waals surface area (Å²) in [4.78, 5) is 7.91. The number of unbranched alkanes of at least 4 members (excludes halogenated alkanes) is 6. The lowest BCUT2D eigenvalue weighted by Crippen LogP contribution is -2.64. The van der Waals surface area contributed by atoms with Crippen molar-refractivity contribution in [2.75, 3.05) is 0 Å². The van der Waals surface area contributed by atoms with Gasteiger partial charge in [-0.05, 0) is 67.2 Å². The van der Waals surface area contributed by atoms with Crippen molar-refractivity contribution in [2.24, 2.45) is 5.92 Å². The van der Waals surface area contributed by atoms with E-state index in [9.17, 15) is 0 Å². The van der Waals surface area contributed by atoms with Crippen LogP contribution < -0.4 is 14.9 Å². The van der Waals surface area contributed by atoms with Crippen LogP contribution in [0, 0.1) is 19.8 Å². The highest BCUT2D eigenvalue weighted by Crippen LogP contribution is 2.42. The molecule has 0 aromatic carbocycles. The van der Waals surface area contributed by atoms with Crippen LogP contribution in [0.25, 0.3) is 9.75 Å². The highest BCUT2D eigenvalue weighted by Gasteiger charge is 2.51. The lowest BCUT2D eigenvalue weighted by atomic mass is 10.0. The van der Waals surface area contributed by atoms with Crippen molar-refractivity contribution in [3.05, 3.63) is 38.9 Å². The van der Waals surface area contributed by atoms with Gasteiger partial charge in [0.2, 0.25) is 0 Å². The third kappa shape index (κ3) is 5.35. The Balaban J connectivity index is 1.67. The van der Waals surface area contributed by atoms with Crippen molar-refractivity contribution in [3.8, 4) is 9.75 Å². The molecule has 3 aromatic heterocycles. The van der Waals surface area contributed by atoms with Gasteiger partial charge in [0.15, 0.2) is 8.07 Å². The van der Waals surface area contributed by atoms with Gasteiger partial charge in [0.1, 0.15) is 0 Å². The standard InChI is InChI=1S/C30H44S3Si/c1-6-9-11-12-13-14-16-25-17-18-28(33-25)34(21-24(8-3)15-10-7-2)26-19-22(4)31-29(26)30-27(34)20-23(5)32-30/h17-20,24H,6-16,21H2,1-5H3. The lowest BCUT2D eigenvalue weighted by Gasteiger charge is -2.31. The second-order valence-electron chi connectivity index (χ2n) is 10.5. The Morgan fingerprint density at radius 3 is 1.97 bits per heavy atom. The quantitative estimate of drug-likeness (QED) is 0.145. The van der Waals surface area contributed by atoms with E-state index < -0.39 is 8.07 Å². The van der Waals surface area contributed by atoms with Crippen molar-refractivity contribution >= 4 is 57.0 Å². The van der Waals surface area contributed by atoms with Gasteiger partial charge in [0.25, 0.3) is 0 Å². The van der Waals surface area contributed by atoms with E-state index in [0.717, 1.165) is 5.92 Å². The van der Waals surface area contributed by atoms with Gasteiger partial charge in [0.05, 0.1) is 0 Å². The van der Waals surface area contributed by atoms with Crippen LogP contribution >= 0.6 is 34.0 Å². The van der Waals surface area contributed by atoms with Crippen LogP contribution in [-0.2, 0) is 6.42 Å². The van der Waals surface area contributed by atoms with Crippen LogP contribution in [0.2, 0.25) is 6.04 Å². The molecule has 0 spiro atoms. The van der Waals surface area contributed by atoms with Crippen molar-refractivity contribution in [1.29, 1.82) is 0 Å². The third-order valence-corrected chi connectivity index (χ3v) is 17.6. The van der Waals surface area contributed by atoms with E-state index in [1.165, 1.54) is 86.4 Å². The highest BCUT2D eigenvalue weighted by atomic mass is 32.1. The van der Waals surface area contributed by atoms with E-state index in [1.54, 1.807) is 29.5 Å². The number of rotatable bonds is 14. The molecule has 0 radical (unpaired) electrons. The summed E-state index contributed by atoms with van der Waals surface area (Å²) in [7, 11) is -1.95. The smallest absolute Gasteiger partial charge is 0.149 e. The molecule has 1 aliphatic rings. The number of thiophene rings is 3. The number of hydrogen-bond acceptors (Lipinski definition) is 3. The lowest BCUT2D eigenvalue weighted by molar-refractivity contribution is 0.488. The predicted molar refractivity (Wildman–Crippen MR) is 161 cm³/mol. The summed E-state index contributed by atoms with van der Waals surface area (Å²) >= 11 is 6.31. The van der Waals surface area contributed by atoms with E-state index in [4.69, 9.17) is 0 Å². The number of aryl methyl sites for hydroxylation is 3. The maximum Gasteiger partial charge on any atom is 0.164 e. The third-order valence-electron chi connectivity index (χ3n) is 7.83. The molecule has 4 heteroatoms. The van der Waals surface area contributed by atoms with Crippen LogP contribution in [-0.4, -0.2) is 8.07 Å². The van der Waals surface area contributed by atoms with E-state index in [1.807, 2.05) is 0 Å². The van der Waals surface area contributed by atoms with Gasteiger partial charge in [0, 0.05) is 28.9 Å². The minimum absolute atomic E-state index is 0.843. The van der Waals surface area contributed by atoms with Crippen molar-refractivity contribution in [3.63, 3.8) is 0 Å². The topological polar surface area (TPSA) is 0 Å². The number of fused-ring (bicyclic) bond motifs is 3. The summed E-state index contributed by atoms with van der Waals surface area (Å²) < 4.78 is 1.75. The Hall–Kier alpha value is -0.683. The Morgan fingerprint density at radius 2 is 1.35 bits per heavy atom. The first-order valence-corrected chi connectivity index (χ1v) is 18.5. The maximum absolute atomic E-state index is 2.61. The molecule has 1 unspecified atom stereocenters. The summed E-state index contributed by atoms with van der Waals surface area (Å²) in [6.45, 7) is 11.8. The summed E-state index contributed by atoms with van der Waals surface area (Å²) in [5.41, 5.74) is 0. The van der Waals surface area contributed by atoms with Crippen molar-refractivity contribution in [1.82, 2.24) is 0 Å². The van der Waals surface area contributed by atoms with Gasteiger partial charge in [-0.1, -0.05) is 84.6 Å². The molecular weight excluding hydrogens is 485 g/mol. The molecular formula is C30H44S3Si. The van der Waals surface area contributed by atoms with Gasteiger partial charge < -0.3 is 0 Å². The minimum atomic E-state index is -1.95. The average molecular weight is 529 g/mol. The van der Waals surface area contributed by atoms with Gasteiger partial charge in [-0.2, -0.15) is 0 Å². The summed E-state index contributed by atoms with van der Waals surface area (Å²) in [5.74, 6) is 0.843. The van der Waals surface area contributed by atoms with Crippen LogP contribution in [0.1, 0.15) is 99.6 Å². The molecule has 1 aliphatic heterocycles. The van der Waals surface area contributed by atoms with E-state index in [-0.39, 0.29) is 0 Å². The SMILES string of the molecule is CCCCCCCCc1ccc([Si]2(CC(CC)CCCC)c3cc(C)sc3-c3sc(C)cc32)s1. The molecule has 0 N–H and O–H groups in total. The molecule has 0 aliphatic carbocycles. The Bertz CT molecular complexity index is 1010. The summed E-state index contributed by atoms with van der Waals surface area (Å²) in [6, 6.07) is 11.7. The zero-order valence-corrected chi connectivity index (χ0v) is 25.5. The molecule has 186 valence electrons. The van der Waals surface area contributed by atoms with Crippen molar-refractivity contribution < 1.29 is 0 Å². The van der Waals surface area contributed by atoms with Crippen LogP contribution in [0.3, 0.4) is 0 Å². The Labute approximate surface area is 221 Å². The second kappa shape index (κ2) is 12.0. The molecule has 0 saturated heterocycles. The zero-order valence-electron chi connectivity index (χ0n) is 22.1. The van der Waals surface area contributed by atoms with Crippen LogP contribution in [0.15, 0.2) is 24.3 Å². The second-order valence-corrected chi connectivity index (χ2v) is 18.4. The fourth-order valence-corrected chi connectivity index (χ4v) is 17.6. The summed E-state index contributed by atoms with van der Waals surface area (Å²) in [6.07, 6.45) is 15.0.